The van der Waals surface area contributed by atoms with Crippen molar-refractivity contribution in [1.29, 1.82) is 0 Å². The van der Waals surface area contributed by atoms with Crippen molar-refractivity contribution in [2.45, 2.75) is 45.8 Å². The Labute approximate surface area is 141 Å². The number of hydrogen-bond acceptors (Lipinski definition) is 3. The summed E-state index contributed by atoms with van der Waals surface area (Å²) in [6.45, 7) is 7.57. The van der Waals surface area contributed by atoms with Crippen molar-refractivity contribution in [3.05, 3.63) is 34.3 Å². The molecule has 0 saturated carbocycles. The average Bonchev–Trinajstić information content (AvgIpc) is 2.47. The van der Waals surface area contributed by atoms with Crippen LogP contribution in [0.15, 0.2) is 28.7 Å². The van der Waals surface area contributed by atoms with Crippen LogP contribution in [0, 0.1) is 5.41 Å². The molecular weight excluding hydrogens is 344 g/mol. The lowest BCUT2D eigenvalue weighted by Gasteiger charge is -2.38. The third-order valence-corrected chi connectivity index (χ3v) is 4.88. The monoisotopic (exact) mass is 368 g/mol. The highest BCUT2D eigenvalue weighted by Gasteiger charge is 2.33. The van der Waals surface area contributed by atoms with E-state index < -0.39 is 0 Å². The maximum Gasteiger partial charge on any atom is 0.410 e. The molecule has 1 aromatic rings. The maximum absolute atomic E-state index is 12.3. The second-order valence-corrected chi connectivity index (χ2v) is 7.70. The van der Waals surface area contributed by atoms with E-state index in [0.29, 0.717) is 6.54 Å². The van der Waals surface area contributed by atoms with Crippen LogP contribution in [0.2, 0.25) is 0 Å². The SMILES string of the molecule is CC(c1ccc(Br)cc1)N1CCC(CC(C)(C)CN)OC1=O. The number of amides is 1. The molecule has 5 heteroatoms. The van der Waals surface area contributed by atoms with Crippen LogP contribution in [-0.2, 0) is 4.74 Å². The van der Waals surface area contributed by atoms with Gasteiger partial charge in [-0.25, -0.2) is 4.79 Å². The Morgan fingerprint density at radius 3 is 2.59 bits per heavy atom. The Morgan fingerprint density at radius 1 is 1.41 bits per heavy atom. The molecule has 0 spiro atoms. The summed E-state index contributed by atoms with van der Waals surface area (Å²) in [5.41, 5.74) is 6.88. The van der Waals surface area contributed by atoms with Gasteiger partial charge in [-0.1, -0.05) is 41.9 Å². The van der Waals surface area contributed by atoms with Crippen molar-refractivity contribution < 1.29 is 9.53 Å². The van der Waals surface area contributed by atoms with E-state index in [1.807, 2.05) is 31.2 Å². The standard InChI is InChI=1S/C17H25BrN2O2/c1-12(13-4-6-14(18)7-5-13)20-9-8-15(22-16(20)21)10-17(2,3)11-19/h4-7,12,15H,8-11,19H2,1-3H3. The molecule has 0 aliphatic carbocycles. The molecule has 2 atom stereocenters. The number of nitrogens with zero attached hydrogens (tertiary/aromatic N) is 1. The molecule has 1 amide bonds. The summed E-state index contributed by atoms with van der Waals surface area (Å²) in [5.74, 6) is 0. The topological polar surface area (TPSA) is 55.6 Å². The Balaban J connectivity index is 1.98. The Hall–Kier alpha value is -1.07. The van der Waals surface area contributed by atoms with E-state index >= 15 is 0 Å². The molecule has 4 nitrogen and oxygen atoms in total. The minimum absolute atomic E-state index is 0.00440. The van der Waals surface area contributed by atoms with Crippen LogP contribution in [0.1, 0.15) is 45.2 Å². The zero-order valence-electron chi connectivity index (χ0n) is 13.5. The number of hydrogen-bond donors (Lipinski definition) is 1. The summed E-state index contributed by atoms with van der Waals surface area (Å²) in [5, 5.41) is 0. The Kier molecular flexibility index (Phi) is 5.50. The number of cyclic esters (lactones) is 1. The summed E-state index contributed by atoms with van der Waals surface area (Å²) >= 11 is 3.43. The van der Waals surface area contributed by atoms with Crippen LogP contribution < -0.4 is 5.73 Å². The zero-order valence-corrected chi connectivity index (χ0v) is 15.1. The van der Waals surface area contributed by atoms with Crippen LogP contribution >= 0.6 is 15.9 Å². The molecule has 1 aromatic carbocycles. The minimum atomic E-state index is -0.223. The summed E-state index contributed by atoms with van der Waals surface area (Å²) in [4.78, 5) is 14.1. The van der Waals surface area contributed by atoms with E-state index in [1.54, 1.807) is 4.90 Å². The van der Waals surface area contributed by atoms with Gasteiger partial charge in [-0.15, -0.1) is 0 Å². The molecule has 0 aromatic heterocycles. The van der Waals surface area contributed by atoms with Gasteiger partial charge in [-0.2, -0.15) is 0 Å². The van der Waals surface area contributed by atoms with Gasteiger partial charge in [0.05, 0.1) is 6.04 Å². The van der Waals surface area contributed by atoms with Gasteiger partial charge in [-0.3, -0.25) is 0 Å². The van der Waals surface area contributed by atoms with E-state index in [-0.39, 0.29) is 23.7 Å². The van der Waals surface area contributed by atoms with E-state index in [9.17, 15) is 4.79 Å². The first-order valence-electron chi connectivity index (χ1n) is 7.75. The lowest BCUT2D eigenvalue weighted by molar-refractivity contribution is -0.00341. The van der Waals surface area contributed by atoms with Crippen LogP contribution in [0.5, 0.6) is 0 Å². The summed E-state index contributed by atoms with van der Waals surface area (Å²) in [6.07, 6.45) is 1.42. The molecule has 1 aliphatic heterocycles. The quantitative estimate of drug-likeness (QED) is 0.850. The predicted octanol–water partition coefficient (Wildman–Crippen LogP) is 4.10. The van der Waals surface area contributed by atoms with Gasteiger partial charge >= 0.3 is 6.09 Å². The molecule has 2 rings (SSSR count). The smallest absolute Gasteiger partial charge is 0.410 e. The fraction of sp³-hybridized carbons (Fsp3) is 0.588. The molecule has 0 bridgehead atoms. The van der Waals surface area contributed by atoms with Crippen LogP contribution in [0.3, 0.4) is 0 Å². The third-order valence-electron chi connectivity index (χ3n) is 4.35. The first-order chi connectivity index (χ1) is 10.3. The normalized spacial score (nSPS) is 20.7. The number of rotatable bonds is 5. The molecule has 2 N–H and O–H groups in total. The summed E-state index contributed by atoms with van der Waals surface area (Å²) < 4.78 is 6.66. The predicted molar refractivity (Wildman–Crippen MR) is 91.6 cm³/mol. The van der Waals surface area contributed by atoms with Crippen LogP contribution in [0.4, 0.5) is 4.79 Å². The van der Waals surface area contributed by atoms with E-state index in [2.05, 4.69) is 29.8 Å². The van der Waals surface area contributed by atoms with Crippen molar-refractivity contribution in [2.24, 2.45) is 11.1 Å². The Bertz CT molecular complexity index is 516. The molecule has 122 valence electrons. The number of carbonyl (C=O) groups is 1. The van der Waals surface area contributed by atoms with Crippen LogP contribution in [0.25, 0.3) is 0 Å². The lowest BCUT2D eigenvalue weighted by Crippen LogP contribution is -2.45. The van der Waals surface area contributed by atoms with Gasteiger partial charge in [0.2, 0.25) is 0 Å². The van der Waals surface area contributed by atoms with Crippen LogP contribution in [-0.4, -0.2) is 30.2 Å². The van der Waals surface area contributed by atoms with Crippen molar-refractivity contribution >= 4 is 22.0 Å². The molecular formula is C17H25BrN2O2. The number of nitrogens with two attached hydrogens (primary N) is 1. The number of benzene rings is 1. The molecule has 2 unspecified atom stereocenters. The van der Waals surface area contributed by atoms with Crippen molar-refractivity contribution in [2.75, 3.05) is 13.1 Å². The minimum Gasteiger partial charge on any atom is -0.446 e. The Morgan fingerprint density at radius 2 is 2.05 bits per heavy atom. The van der Waals surface area contributed by atoms with Gasteiger partial charge in [0.25, 0.3) is 0 Å². The highest BCUT2D eigenvalue weighted by Crippen LogP contribution is 2.30. The fourth-order valence-corrected chi connectivity index (χ4v) is 3.02. The van der Waals surface area contributed by atoms with Gasteiger partial charge in [0.1, 0.15) is 6.10 Å². The summed E-state index contributed by atoms with van der Waals surface area (Å²) in [7, 11) is 0. The van der Waals surface area contributed by atoms with Gasteiger partial charge in [-0.05, 0) is 43.0 Å². The second-order valence-electron chi connectivity index (χ2n) is 6.79. The van der Waals surface area contributed by atoms with Gasteiger partial charge < -0.3 is 15.4 Å². The summed E-state index contributed by atoms with van der Waals surface area (Å²) in [6, 6.07) is 8.07. The highest BCUT2D eigenvalue weighted by molar-refractivity contribution is 9.10. The maximum atomic E-state index is 12.3. The van der Waals surface area contributed by atoms with E-state index in [4.69, 9.17) is 10.5 Å². The largest absolute Gasteiger partial charge is 0.446 e. The first-order valence-corrected chi connectivity index (χ1v) is 8.54. The molecule has 1 aliphatic rings. The van der Waals surface area contributed by atoms with Crippen molar-refractivity contribution in [1.82, 2.24) is 4.90 Å². The number of ether oxygens (including phenoxy) is 1. The van der Waals surface area contributed by atoms with Crippen molar-refractivity contribution in [3.63, 3.8) is 0 Å². The first kappa shape index (κ1) is 17.3. The van der Waals surface area contributed by atoms with Gasteiger partial charge in [0.15, 0.2) is 0 Å². The molecule has 0 radical (unpaired) electrons. The molecule has 1 heterocycles. The third kappa shape index (κ3) is 4.23. The molecule has 22 heavy (non-hydrogen) atoms. The number of halogens is 1. The average molecular weight is 369 g/mol. The fourth-order valence-electron chi connectivity index (χ4n) is 2.76. The zero-order chi connectivity index (χ0) is 16.3. The van der Waals surface area contributed by atoms with E-state index in [0.717, 1.165) is 29.4 Å². The lowest BCUT2D eigenvalue weighted by atomic mass is 9.85. The second kappa shape index (κ2) is 7.01. The molecule has 1 fully saturated rings. The van der Waals surface area contributed by atoms with Crippen molar-refractivity contribution in [3.8, 4) is 0 Å². The van der Waals surface area contributed by atoms with E-state index in [1.165, 1.54) is 0 Å². The van der Waals surface area contributed by atoms with Gasteiger partial charge in [0, 0.05) is 17.4 Å². The number of carbonyl (C=O) groups excluding carboxylic acids is 1. The molecule has 1 saturated heterocycles. The highest BCUT2D eigenvalue weighted by atomic mass is 79.9.